The molecule has 0 radical (unpaired) electrons. The lowest BCUT2D eigenvalue weighted by molar-refractivity contribution is -0.140. The molecule has 0 fully saturated rings. The first-order valence-corrected chi connectivity index (χ1v) is 5.16. The Labute approximate surface area is 95.7 Å². The van der Waals surface area contributed by atoms with Gasteiger partial charge in [0.15, 0.2) is 0 Å². The van der Waals surface area contributed by atoms with Crippen molar-refractivity contribution in [2.24, 2.45) is 0 Å². The Morgan fingerprint density at radius 3 is 2.56 bits per heavy atom. The van der Waals surface area contributed by atoms with E-state index in [9.17, 15) is 4.79 Å². The molecule has 0 amide bonds. The second kappa shape index (κ2) is 6.67. The largest absolute Gasteiger partial charge is 0.497 e. The van der Waals surface area contributed by atoms with E-state index < -0.39 is 0 Å². The van der Waals surface area contributed by atoms with Crippen LogP contribution in [0.1, 0.15) is 18.9 Å². The van der Waals surface area contributed by atoms with Crippen molar-refractivity contribution in [1.29, 1.82) is 0 Å². The lowest BCUT2D eigenvalue weighted by Crippen LogP contribution is -1.98. The number of esters is 1. The zero-order valence-corrected chi connectivity index (χ0v) is 9.60. The van der Waals surface area contributed by atoms with Crippen LogP contribution in [-0.4, -0.2) is 19.7 Å². The number of carbonyl (C=O) groups is 1. The zero-order chi connectivity index (χ0) is 11.8. The summed E-state index contributed by atoms with van der Waals surface area (Å²) < 4.78 is 9.86. The van der Waals surface area contributed by atoms with Gasteiger partial charge in [0.1, 0.15) is 5.75 Å². The fraction of sp³-hybridized carbons (Fsp3) is 0.308. The number of ether oxygens (including phenoxy) is 2. The molecule has 0 aliphatic heterocycles. The SMILES string of the molecule is COc1ccc(/C=C/CCOC(C)=O)cc1. The molecule has 3 nitrogen and oxygen atoms in total. The van der Waals surface area contributed by atoms with Crippen LogP contribution in [0.25, 0.3) is 6.08 Å². The Bertz CT molecular complexity index is 352. The van der Waals surface area contributed by atoms with E-state index in [1.165, 1.54) is 6.92 Å². The molecule has 0 aliphatic carbocycles. The van der Waals surface area contributed by atoms with Crippen LogP contribution in [0.5, 0.6) is 5.75 Å². The highest BCUT2D eigenvalue weighted by atomic mass is 16.5. The number of carbonyl (C=O) groups excluding carboxylic acids is 1. The number of rotatable bonds is 5. The summed E-state index contributed by atoms with van der Waals surface area (Å²) in [5, 5.41) is 0. The molecule has 0 atom stereocenters. The first-order chi connectivity index (χ1) is 7.72. The molecular weight excluding hydrogens is 204 g/mol. The Morgan fingerprint density at radius 1 is 1.31 bits per heavy atom. The van der Waals surface area contributed by atoms with Crippen LogP contribution in [0, 0.1) is 0 Å². The molecule has 16 heavy (non-hydrogen) atoms. The van der Waals surface area contributed by atoms with Crippen molar-refractivity contribution in [2.75, 3.05) is 13.7 Å². The van der Waals surface area contributed by atoms with Crippen LogP contribution in [0.15, 0.2) is 30.3 Å². The number of hydrogen-bond acceptors (Lipinski definition) is 3. The topological polar surface area (TPSA) is 35.5 Å². The molecule has 0 saturated heterocycles. The fourth-order valence-electron chi connectivity index (χ4n) is 1.21. The van der Waals surface area contributed by atoms with Crippen molar-refractivity contribution < 1.29 is 14.3 Å². The monoisotopic (exact) mass is 220 g/mol. The van der Waals surface area contributed by atoms with Crippen LogP contribution in [0.2, 0.25) is 0 Å². The molecule has 0 unspecified atom stereocenters. The van der Waals surface area contributed by atoms with E-state index in [1.807, 2.05) is 36.4 Å². The lowest BCUT2D eigenvalue weighted by atomic mass is 10.2. The van der Waals surface area contributed by atoms with Crippen LogP contribution >= 0.6 is 0 Å². The second-order valence-electron chi connectivity index (χ2n) is 3.30. The normalized spacial score (nSPS) is 10.4. The molecule has 0 saturated carbocycles. The maximum atomic E-state index is 10.5. The summed E-state index contributed by atoms with van der Waals surface area (Å²) in [5.41, 5.74) is 1.10. The maximum absolute atomic E-state index is 10.5. The average Bonchev–Trinajstić information content (AvgIpc) is 2.29. The fourth-order valence-corrected chi connectivity index (χ4v) is 1.21. The van der Waals surface area contributed by atoms with Gasteiger partial charge < -0.3 is 9.47 Å². The summed E-state index contributed by atoms with van der Waals surface area (Å²) in [6.07, 6.45) is 4.69. The summed E-state index contributed by atoms with van der Waals surface area (Å²) in [6, 6.07) is 7.76. The van der Waals surface area contributed by atoms with Gasteiger partial charge in [-0.05, 0) is 24.1 Å². The summed E-state index contributed by atoms with van der Waals surface area (Å²) in [5.74, 6) is 0.606. The molecule has 0 bridgehead atoms. The van der Waals surface area contributed by atoms with Gasteiger partial charge in [0.2, 0.25) is 0 Å². The molecular formula is C13H16O3. The summed E-state index contributed by atoms with van der Waals surface area (Å²) in [7, 11) is 1.64. The maximum Gasteiger partial charge on any atom is 0.302 e. The Kier molecular flexibility index (Phi) is 5.12. The van der Waals surface area contributed by atoms with Crippen LogP contribution < -0.4 is 4.74 Å². The standard InChI is InChI=1S/C13H16O3/c1-11(14)16-10-4-3-5-12-6-8-13(15-2)9-7-12/h3,5-9H,4,10H2,1-2H3/b5-3+. The summed E-state index contributed by atoms with van der Waals surface area (Å²) >= 11 is 0. The van der Waals surface area contributed by atoms with E-state index in [0.29, 0.717) is 6.61 Å². The van der Waals surface area contributed by atoms with Gasteiger partial charge in [0.05, 0.1) is 13.7 Å². The van der Waals surface area contributed by atoms with Gasteiger partial charge in [0.25, 0.3) is 0 Å². The predicted molar refractivity (Wildman–Crippen MR) is 63.3 cm³/mol. The average molecular weight is 220 g/mol. The molecule has 1 rings (SSSR count). The van der Waals surface area contributed by atoms with Gasteiger partial charge in [0, 0.05) is 6.92 Å². The van der Waals surface area contributed by atoms with Gasteiger partial charge in [-0.15, -0.1) is 0 Å². The smallest absolute Gasteiger partial charge is 0.302 e. The van der Waals surface area contributed by atoms with Crippen molar-refractivity contribution in [1.82, 2.24) is 0 Å². The van der Waals surface area contributed by atoms with Crippen molar-refractivity contribution in [3.05, 3.63) is 35.9 Å². The number of benzene rings is 1. The summed E-state index contributed by atoms with van der Waals surface area (Å²) in [6.45, 7) is 1.84. The van der Waals surface area contributed by atoms with E-state index in [0.717, 1.165) is 17.7 Å². The van der Waals surface area contributed by atoms with E-state index in [1.54, 1.807) is 7.11 Å². The molecule has 0 aliphatic rings. The molecule has 0 spiro atoms. The predicted octanol–water partition coefficient (Wildman–Crippen LogP) is 2.66. The third-order valence-electron chi connectivity index (χ3n) is 2.02. The molecule has 0 aromatic heterocycles. The quantitative estimate of drug-likeness (QED) is 0.565. The van der Waals surface area contributed by atoms with E-state index in [-0.39, 0.29) is 5.97 Å². The van der Waals surface area contributed by atoms with Crippen molar-refractivity contribution in [3.8, 4) is 5.75 Å². The highest BCUT2D eigenvalue weighted by molar-refractivity contribution is 5.65. The summed E-state index contributed by atoms with van der Waals surface area (Å²) in [4.78, 5) is 10.5. The zero-order valence-electron chi connectivity index (χ0n) is 9.60. The lowest BCUT2D eigenvalue weighted by Gasteiger charge is -1.99. The molecule has 86 valence electrons. The van der Waals surface area contributed by atoms with Gasteiger partial charge in [-0.1, -0.05) is 24.3 Å². The van der Waals surface area contributed by atoms with Gasteiger partial charge in [-0.25, -0.2) is 0 Å². The Morgan fingerprint density at radius 2 is 2.00 bits per heavy atom. The van der Waals surface area contributed by atoms with E-state index >= 15 is 0 Å². The van der Waals surface area contributed by atoms with Gasteiger partial charge >= 0.3 is 5.97 Å². The Balaban J connectivity index is 2.35. The van der Waals surface area contributed by atoms with E-state index in [2.05, 4.69) is 0 Å². The molecule has 0 N–H and O–H groups in total. The van der Waals surface area contributed by atoms with Gasteiger partial charge in [-0.2, -0.15) is 0 Å². The highest BCUT2D eigenvalue weighted by Crippen LogP contribution is 2.12. The van der Waals surface area contributed by atoms with E-state index in [4.69, 9.17) is 9.47 Å². The van der Waals surface area contributed by atoms with Crippen LogP contribution in [0.4, 0.5) is 0 Å². The third kappa shape index (κ3) is 4.64. The van der Waals surface area contributed by atoms with Crippen LogP contribution in [-0.2, 0) is 9.53 Å². The first-order valence-electron chi connectivity index (χ1n) is 5.16. The minimum atomic E-state index is -0.238. The molecule has 0 heterocycles. The first kappa shape index (κ1) is 12.3. The second-order valence-corrected chi connectivity index (χ2v) is 3.30. The number of hydrogen-bond donors (Lipinski definition) is 0. The Hall–Kier alpha value is -1.77. The highest BCUT2D eigenvalue weighted by Gasteiger charge is 1.91. The van der Waals surface area contributed by atoms with Gasteiger partial charge in [-0.3, -0.25) is 4.79 Å². The van der Waals surface area contributed by atoms with Crippen molar-refractivity contribution in [3.63, 3.8) is 0 Å². The van der Waals surface area contributed by atoms with Crippen molar-refractivity contribution in [2.45, 2.75) is 13.3 Å². The number of methoxy groups -OCH3 is 1. The molecule has 1 aromatic rings. The van der Waals surface area contributed by atoms with Crippen LogP contribution in [0.3, 0.4) is 0 Å². The molecule has 1 aromatic carbocycles. The minimum absolute atomic E-state index is 0.238. The minimum Gasteiger partial charge on any atom is -0.497 e. The molecule has 3 heteroatoms. The third-order valence-corrected chi connectivity index (χ3v) is 2.02. The van der Waals surface area contributed by atoms with Crippen molar-refractivity contribution >= 4 is 12.0 Å².